The van der Waals surface area contributed by atoms with Gasteiger partial charge in [0, 0.05) is 36.8 Å². The van der Waals surface area contributed by atoms with E-state index < -0.39 is 0 Å². The van der Waals surface area contributed by atoms with Gasteiger partial charge >= 0.3 is 0 Å². The molecule has 3 aliphatic rings. The van der Waals surface area contributed by atoms with Gasteiger partial charge in [-0.2, -0.15) is 5.10 Å². The van der Waals surface area contributed by atoms with Gasteiger partial charge in [0.05, 0.1) is 24.0 Å². The second-order valence-electron chi connectivity index (χ2n) is 8.45. The topological polar surface area (TPSA) is 53.7 Å². The molecule has 0 aliphatic carbocycles. The summed E-state index contributed by atoms with van der Waals surface area (Å²) in [6.45, 7) is 6.99. The van der Waals surface area contributed by atoms with E-state index in [9.17, 15) is 4.79 Å². The molecule has 2 bridgehead atoms. The fraction of sp³-hybridized carbons (Fsp3) is 0.650. The fourth-order valence-electron chi connectivity index (χ4n) is 5.28. The minimum Gasteiger partial charge on any atom is -0.331 e. The van der Waals surface area contributed by atoms with Crippen molar-refractivity contribution in [3.8, 4) is 0 Å². The van der Waals surface area contributed by atoms with Crippen molar-refractivity contribution in [2.75, 3.05) is 19.6 Å². The predicted octanol–water partition coefficient (Wildman–Crippen LogP) is 2.36. The summed E-state index contributed by atoms with van der Waals surface area (Å²) in [5.41, 5.74) is 4.37. The third-order valence-electron chi connectivity index (χ3n) is 6.42. The number of likely N-dealkylation sites (tertiary alicyclic amines) is 1. The molecular weight excluding hydrogens is 326 g/mol. The molecule has 26 heavy (non-hydrogen) atoms. The van der Waals surface area contributed by atoms with Crippen LogP contribution in [0, 0.1) is 12.8 Å². The first-order valence-corrected chi connectivity index (χ1v) is 9.98. The maximum absolute atomic E-state index is 13.2. The van der Waals surface area contributed by atoms with Crippen LogP contribution >= 0.6 is 0 Å². The number of carbonyl (C=O) groups is 1. The van der Waals surface area contributed by atoms with Gasteiger partial charge in [0.1, 0.15) is 0 Å². The van der Waals surface area contributed by atoms with Crippen LogP contribution in [-0.2, 0) is 11.2 Å². The quantitative estimate of drug-likeness (QED) is 0.832. The van der Waals surface area contributed by atoms with Crippen molar-refractivity contribution in [3.63, 3.8) is 0 Å². The largest absolute Gasteiger partial charge is 0.331 e. The number of aryl methyl sites for hydroxylation is 1. The molecular formula is C20H27N5O. The summed E-state index contributed by atoms with van der Waals surface area (Å²) >= 11 is 0. The second kappa shape index (κ2) is 6.05. The number of amides is 1. The van der Waals surface area contributed by atoms with Crippen molar-refractivity contribution in [2.24, 2.45) is 5.92 Å². The van der Waals surface area contributed by atoms with Gasteiger partial charge in [-0.05, 0) is 45.1 Å². The Morgan fingerprint density at radius 3 is 3.04 bits per heavy atom. The summed E-state index contributed by atoms with van der Waals surface area (Å²) in [4.78, 5) is 22.3. The highest BCUT2D eigenvalue weighted by Gasteiger charge is 2.44. The summed E-state index contributed by atoms with van der Waals surface area (Å²) in [6, 6.07) is 2.52. The molecule has 0 N–H and O–H groups in total. The van der Waals surface area contributed by atoms with Gasteiger partial charge in [-0.25, -0.2) is 9.50 Å². The van der Waals surface area contributed by atoms with E-state index in [-0.39, 0.29) is 6.04 Å². The maximum atomic E-state index is 13.2. The first-order chi connectivity index (χ1) is 12.6. The van der Waals surface area contributed by atoms with Crippen LogP contribution in [0.1, 0.15) is 55.6 Å². The van der Waals surface area contributed by atoms with Crippen LogP contribution in [0.3, 0.4) is 0 Å². The molecule has 0 unspecified atom stereocenters. The number of nitrogens with zero attached hydrogens (tertiary/aromatic N) is 5. The first kappa shape index (κ1) is 16.2. The molecule has 0 aromatic carbocycles. The van der Waals surface area contributed by atoms with E-state index in [1.807, 2.05) is 23.7 Å². The summed E-state index contributed by atoms with van der Waals surface area (Å²) in [7, 11) is 0. The monoisotopic (exact) mass is 353 g/mol. The van der Waals surface area contributed by atoms with E-state index in [4.69, 9.17) is 0 Å². The molecule has 2 aromatic rings. The summed E-state index contributed by atoms with van der Waals surface area (Å²) < 4.78 is 2.00. The first-order valence-electron chi connectivity index (χ1n) is 9.98. The van der Waals surface area contributed by atoms with Crippen LogP contribution in [0.5, 0.6) is 0 Å². The summed E-state index contributed by atoms with van der Waals surface area (Å²) in [5, 5.41) is 4.64. The zero-order valence-electron chi connectivity index (χ0n) is 15.7. The predicted molar refractivity (Wildman–Crippen MR) is 98.9 cm³/mol. The molecule has 2 fully saturated rings. The highest BCUT2D eigenvalue weighted by molar-refractivity contribution is 5.80. The zero-order valence-corrected chi connectivity index (χ0v) is 15.7. The van der Waals surface area contributed by atoms with Crippen molar-refractivity contribution in [2.45, 2.75) is 58.0 Å². The van der Waals surface area contributed by atoms with E-state index in [1.54, 1.807) is 0 Å². The van der Waals surface area contributed by atoms with Crippen molar-refractivity contribution in [1.29, 1.82) is 0 Å². The van der Waals surface area contributed by atoms with Crippen LogP contribution < -0.4 is 0 Å². The van der Waals surface area contributed by atoms with Crippen LogP contribution in [0.2, 0.25) is 0 Å². The average molecular weight is 353 g/mol. The Kier molecular flexibility index (Phi) is 3.78. The molecule has 3 atom stereocenters. The van der Waals surface area contributed by atoms with E-state index >= 15 is 0 Å². The third kappa shape index (κ3) is 2.54. The molecule has 0 spiro atoms. The Labute approximate surface area is 154 Å². The molecule has 3 aliphatic heterocycles. The average Bonchev–Trinajstić information content (AvgIpc) is 3.14. The summed E-state index contributed by atoms with van der Waals surface area (Å²) in [6.07, 6.45) is 7.52. The number of hydrogen-bond donors (Lipinski definition) is 0. The van der Waals surface area contributed by atoms with E-state index in [0.717, 1.165) is 43.7 Å². The van der Waals surface area contributed by atoms with Crippen molar-refractivity contribution < 1.29 is 4.79 Å². The van der Waals surface area contributed by atoms with Crippen LogP contribution in [0.25, 0.3) is 5.65 Å². The molecule has 6 heteroatoms. The van der Waals surface area contributed by atoms with Gasteiger partial charge in [0.2, 0.25) is 5.91 Å². The van der Waals surface area contributed by atoms with Crippen molar-refractivity contribution in [1.82, 2.24) is 24.4 Å². The number of rotatable bonds is 2. The van der Waals surface area contributed by atoms with E-state index in [2.05, 4.69) is 26.8 Å². The summed E-state index contributed by atoms with van der Waals surface area (Å²) in [5.74, 6) is 1.00. The molecule has 1 amide bonds. The molecule has 0 radical (unpaired) electrons. The van der Waals surface area contributed by atoms with E-state index in [0.29, 0.717) is 24.4 Å². The Hall–Kier alpha value is -1.95. The van der Waals surface area contributed by atoms with Gasteiger partial charge in [-0.15, -0.1) is 0 Å². The van der Waals surface area contributed by atoms with Gasteiger partial charge < -0.3 is 4.90 Å². The minimum absolute atomic E-state index is 0.180. The lowest BCUT2D eigenvalue weighted by molar-refractivity contribution is -0.136. The highest BCUT2D eigenvalue weighted by atomic mass is 16.2. The third-order valence-corrected chi connectivity index (χ3v) is 6.42. The number of hydrogen-bond acceptors (Lipinski definition) is 4. The molecule has 2 saturated heterocycles. The Bertz CT molecular complexity index is 859. The van der Waals surface area contributed by atoms with Gasteiger partial charge in [-0.1, -0.05) is 6.92 Å². The molecule has 0 saturated carbocycles. The SMILES string of the molecule is Cc1cc2ncc3c(n2n1)C[C@H]1CC[C@@H]3N1C(=O)CN1CCC[C@H](C)C1. The Balaban J connectivity index is 1.42. The van der Waals surface area contributed by atoms with Gasteiger partial charge in [0.25, 0.3) is 0 Å². The Morgan fingerprint density at radius 1 is 1.31 bits per heavy atom. The lowest BCUT2D eigenvalue weighted by Crippen LogP contribution is -2.48. The fourth-order valence-corrected chi connectivity index (χ4v) is 5.28. The number of fused-ring (bicyclic) bond motifs is 6. The number of carbonyl (C=O) groups excluding carboxylic acids is 1. The normalized spacial score (nSPS) is 28.5. The van der Waals surface area contributed by atoms with Crippen LogP contribution in [-0.4, -0.2) is 56.0 Å². The molecule has 5 rings (SSSR count). The number of aromatic nitrogens is 3. The molecule has 5 heterocycles. The maximum Gasteiger partial charge on any atom is 0.237 e. The highest BCUT2D eigenvalue weighted by Crippen LogP contribution is 2.43. The lowest BCUT2D eigenvalue weighted by atomic mass is 9.98. The number of piperidine rings is 1. The molecule has 6 nitrogen and oxygen atoms in total. The standard InChI is InChI=1S/C20H27N5O/c1-13-4-3-7-23(11-13)12-20(26)24-15-5-6-17(24)16-10-21-19-8-14(2)22-25(19)18(16)9-15/h8,10,13,15,17H,3-7,9,11-12H2,1-2H3/t13-,15+,17-/m0/s1. The smallest absolute Gasteiger partial charge is 0.237 e. The Morgan fingerprint density at radius 2 is 2.19 bits per heavy atom. The molecule has 2 aromatic heterocycles. The second-order valence-corrected chi connectivity index (χ2v) is 8.45. The van der Waals surface area contributed by atoms with Crippen molar-refractivity contribution >= 4 is 11.6 Å². The van der Waals surface area contributed by atoms with Crippen LogP contribution in [0.15, 0.2) is 12.3 Å². The molecule has 138 valence electrons. The zero-order chi connectivity index (χ0) is 17.8. The lowest BCUT2D eigenvalue weighted by Gasteiger charge is -2.38. The van der Waals surface area contributed by atoms with Gasteiger partial charge in [0.15, 0.2) is 5.65 Å². The van der Waals surface area contributed by atoms with Crippen molar-refractivity contribution in [3.05, 3.63) is 29.2 Å². The van der Waals surface area contributed by atoms with E-state index in [1.165, 1.54) is 24.1 Å². The van der Waals surface area contributed by atoms with Gasteiger partial charge in [-0.3, -0.25) is 9.69 Å². The minimum atomic E-state index is 0.180. The van der Waals surface area contributed by atoms with Crippen LogP contribution in [0.4, 0.5) is 0 Å².